The average Bonchev–Trinajstić information content (AvgIpc) is 2.92. The second kappa shape index (κ2) is 4.87. The van der Waals surface area contributed by atoms with Crippen LogP contribution in [0.15, 0.2) is 11.6 Å². The molecule has 1 aliphatic carbocycles. The van der Waals surface area contributed by atoms with E-state index in [1.165, 1.54) is 17.8 Å². The van der Waals surface area contributed by atoms with Crippen LogP contribution in [0.1, 0.15) is 17.8 Å². The largest absolute Gasteiger partial charge is 0.309 e. The summed E-state index contributed by atoms with van der Waals surface area (Å²) in [6.07, 6.45) is 4.64. The quantitative estimate of drug-likeness (QED) is 0.719. The maximum absolute atomic E-state index is 4.22. The van der Waals surface area contributed by atoms with Crippen molar-refractivity contribution in [2.45, 2.75) is 25.4 Å². The van der Waals surface area contributed by atoms with E-state index in [1.807, 2.05) is 11.6 Å². The number of nitrogens with one attached hydrogen (secondary N) is 1. The Hall–Kier alpha value is -0.450. The van der Waals surface area contributed by atoms with E-state index < -0.39 is 0 Å². The highest BCUT2D eigenvalue weighted by Crippen LogP contribution is 2.24. The van der Waals surface area contributed by atoms with Gasteiger partial charge in [-0.3, -0.25) is 0 Å². The van der Waals surface area contributed by atoms with Crippen molar-refractivity contribution in [2.24, 2.45) is 0 Å². The van der Waals surface area contributed by atoms with Crippen LogP contribution in [0.3, 0.4) is 0 Å². The van der Waals surface area contributed by atoms with Gasteiger partial charge in [0.05, 0.1) is 0 Å². The maximum Gasteiger partial charge on any atom is 0.106 e. The van der Waals surface area contributed by atoms with Crippen molar-refractivity contribution in [3.63, 3.8) is 0 Å². The number of likely N-dealkylation sites (N-methyl/N-ethyl adjacent to an activating group) is 1. The van der Waals surface area contributed by atoms with Gasteiger partial charge < -0.3 is 10.2 Å². The predicted octanol–water partition coefficient (Wildman–Crippen LogP) is 1.33. The molecule has 0 bridgehead atoms. The summed E-state index contributed by atoms with van der Waals surface area (Å²) in [5, 5.41) is 6.61. The molecule has 1 aliphatic rings. The van der Waals surface area contributed by atoms with Gasteiger partial charge in [0.1, 0.15) is 5.01 Å². The van der Waals surface area contributed by atoms with E-state index >= 15 is 0 Å². The Morgan fingerprint density at radius 3 is 3.14 bits per heavy atom. The van der Waals surface area contributed by atoms with Gasteiger partial charge >= 0.3 is 0 Å². The Morgan fingerprint density at radius 2 is 2.50 bits per heavy atom. The summed E-state index contributed by atoms with van der Waals surface area (Å²) in [5.74, 6) is 0. The molecule has 14 heavy (non-hydrogen) atoms. The van der Waals surface area contributed by atoms with Gasteiger partial charge in [0.15, 0.2) is 0 Å². The van der Waals surface area contributed by atoms with E-state index in [-0.39, 0.29) is 0 Å². The lowest BCUT2D eigenvalue weighted by atomic mass is 10.5. The molecular formula is C10H17N3S. The van der Waals surface area contributed by atoms with E-state index in [0.29, 0.717) is 0 Å². The molecule has 1 fully saturated rings. The Bertz CT molecular complexity index is 256. The Kier molecular flexibility index (Phi) is 3.50. The van der Waals surface area contributed by atoms with Gasteiger partial charge in [-0.1, -0.05) is 0 Å². The molecule has 2 rings (SSSR count). The van der Waals surface area contributed by atoms with Crippen LogP contribution >= 0.6 is 11.3 Å². The summed E-state index contributed by atoms with van der Waals surface area (Å²) in [7, 11) is 2.21. The maximum atomic E-state index is 4.22. The number of rotatable bonds is 6. The van der Waals surface area contributed by atoms with Crippen LogP contribution in [-0.4, -0.2) is 36.1 Å². The number of hydrogen-bond donors (Lipinski definition) is 1. The molecule has 3 nitrogen and oxygen atoms in total. The summed E-state index contributed by atoms with van der Waals surface area (Å²) < 4.78 is 0. The first kappa shape index (κ1) is 10.1. The van der Waals surface area contributed by atoms with Gasteiger partial charge in [0.2, 0.25) is 0 Å². The highest BCUT2D eigenvalue weighted by atomic mass is 32.1. The summed E-state index contributed by atoms with van der Waals surface area (Å²) >= 11 is 1.71. The minimum absolute atomic E-state index is 0.872. The molecule has 78 valence electrons. The van der Waals surface area contributed by atoms with Gasteiger partial charge in [0.25, 0.3) is 0 Å². The first-order valence-corrected chi connectivity index (χ1v) is 6.03. The van der Waals surface area contributed by atoms with Crippen molar-refractivity contribution in [3.05, 3.63) is 16.6 Å². The zero-order valence-corrected chi connectivity index (χ0v) is 9.39. The second-order valence-electron chi connectivity index (χ2n) is 3.81. The molecule has 0 amide bonds. The number of aromatic nitrogens is 1. The van der Waals surface area contributed by atoms with Gasteiger partial charge in [-0.15, -0.1) is 11.3 Å². The normalized spacial score (nSPS) is 16.4. The van der Waals surface area contributed by atoms with E-state index in [4.69, 9.17) is 0 Å². The first-order valence-electron chi connectivity index (χ1n) is 5.15. The summed E-state index contributed by atoms with van der Waals surface area (Å²) in [5.41, 5.74) is 0. The van der Waals surface area contributed by atoms with Crippen molar-refractivity contribution in [2.75, 3.05) is 20.1 Å². The molecule has 1 heterocycles. The molecular weight excluding hydrogens is 194 g/mol. The molecule has 0 atom stereocenters. The summed E-state index contributed by atoms with van der Waals surface area (Å²) in [6, 6.07) is 0.872. The first-order chi connectivity index (χ1) is 6.86. The van der Waals surface area contributed by atoms with Crippen molar-refractivity contribution in [1.29, 1.82) is 0 Å². The molecule has 0 unspecified atom stereocenters. The van der Waals surface area contributed by atoms with E-state index in [0.717, 1.165) is 25.7 Å². The third kappa shape index (κ3) is 3.04. The monoisotopic (exact) mass is 211 g/mol. The lowest BCUT2D eigenvalue weighted by Gasteiger charge is -2.15. The minimum atomic E-state index is 0.872. The fourth-order valence-corrected chi connectivity index (χ4v) is 2.07. The van der Waals surface area contributed by atoms with Crippen LogP contribution in [0.2, 0.25) is 0 Å². The Balaban J connectivity index is 1.54. The lowest BCUT2D eigenvalue weighted by Crippen LogP contribution is -2.30. The van der Waals surface area contributed by atoms with Gasteiger partial charge in [-0.05, 0) is 19.9 Å². The molecule has 0 radical (unpaired) electrons. The van der Waals surface area contributed by atoms with Crippen LogP contribution in [0.25, 0.3) is 0 Å². The topological polar surface area (TPSA) is 28.2 Å². The highest BCUT2D eigenvalue weighted by Gasteiger charge is 2.25. The van der Waals surface area contributed by atoms with Crippen molar-refractivity contribution in [1.82, 2.24) is 15.2 Å². The smallest absolute Gasteiger partial charge is 0.106 e. The third-order valence-electron chi connectivity index (χ3n) is 2.57. The van der Waals surface area contributed by atoms with E-state index in [2.05, 4.69) is 22.2 Å². The molecule has 0 saturated heterocycles. The second-order valence-corrected chi connectivity index (χ2v) is 4.79. The lowest BCUT2D eigenvalue weighted by molar-refractivity contribution is 0.321. The molecule has 0 aliphatic heterocycles. The Morgan fingerprint density at radius 1 is 1.64 bits per heavy atom. The van der Waals surface area contributed by atoms with Crippen molar-refractivity contribution >= 4 is 11.3 Å². The van der Waals surface area contributed by atoms with Crippen LogP contribution in [0.4, 0.5) is 0 Å². The molecule has 1 aromatic heterocycles. The molecule has 0 aromatic carbocycles. The molecule has 1 N–H and O–H groups in total. The van der Waals surface area contributed by atoms with E-state index in [1.54, 1.807) is 11.3 Å². The van der Waals surface area contributed by atoms with E-state index in [9.17, 15) is 0 Å². The van der Waals surface area contributed by atoms with Gasteiger partial charge in [-0.2, -0.15) is 0 Å². The Labute approximate surface area is 89.1 Å². The predicted molar refractivity (Wildman–Crippen MR) is 59.5 cm³/mol. The fourth-order valence-electron chi connectivity index (χ4n) is 1.49. The molecule has 1 saturated carbocycles. The zero-order valence-electron chi connectivity index (χ0n) is 8.57. The van der Waals surface area contributed by atoms with Crippen molar-refractivity contribution < 1.29 is 0 Å². The highest BCUT2D eigenvalue weighted by molar-refractivity contribution is 7.09. The summed E-state index contributed by atoms with van der Waals surface area (Å²) in [4.78, 5) is 6.66. The average molecular weight is 211 g/mol. The van der Waals surface area contributed by atoms with Crippen LogP contribution < -0.4 is 5.32 Å². The fraction of sp³-hybridized carbons (Fsp3) is 0.700. The van der Waals surface area contributed by atoms with Crippen molar-refractivity contribution in [3.8, 4) is 0 Å². The van der Waals surface area contributed by atoms with Gasteiger partial charge in [-0.25, -0.2) is 4.98 Å². The van der Waals surface area contributed by atoms with Crippen LogP contribution in [0, 0.1) is 0 Å². The van der Waals surface area contributed by atoms with Gasteiger partial charge in [0, 0.05) is 37.3 Å². The molecule has 4 heteroatoms. The molecule has 0 spiro atoms. The van der Waals surface area contributed by atoms with Crippen LogP contribution in [0.5, 0.6) is 0 Å². The standard InChI is InChI=1S/C10H17N3S/c1-13(9-2-3-9)6-4-11-8-10-12-5-7-14-10/h5,7,9,11H,2-4,6,8H2,1H3. The summed E-state index contributed by atoms with van der Waals surface area (Å²) in [6.45, 7) is 3.12. The SMILES string of the molecule is CN(CCNCc1nccs1)C1CC1. The van der Waals surface area contributed by atoms with Crippen LogP contribution in [-0.2, 0) is 6.54 Å². The number of thiazole rings is 1. The number of hydrogen-bond acceptors (Lipinski definition) is 4. The minimum Gasteiger partial charge on any atom is -0.309 e. The third-order valence-corrected chi connectivity index (χ3v) is 3.35. The number of nitrogens with zero attached hydrogens (tertiary/aromatic N) is 2. The zero-order chi connectivity index (χ0) is 9.80. The molecule has 1 aromatic rings.